The maximum atomic E-state index is 3.52. The predicted octanol–water partition coefficient (Wildman–Crippen LogP) is 3.71. The van der Waals surface area contributed by atoms with E-state index in [1.165, 1.54) is 16.7 Å². The van der Waals surface area contributed by atoms with Gasteiger partial charge in [-0.2, -0.15) is 0 Å². The topological polar surface area (TPSA) is 0 Å². The van der Waals surface area contributed by atoms with Crippen LogP contribution in [-0.4, -0.2) is 10.2 Å². The summed E-state index contributed by atoms with van der Waals surface area (Å²) in [5.74, 6) is 0. The molecule has 0 saturated carbocycles. The fourth-order valence-electron chi connectivity index (χ4n) is 1.74. The zero-order valence-electron chi connectivity index (χ0n) is 9.06. The minimum atomic E-state index is 0.860. The largest absolute Gasteiger partial charge is 0.0794 e. The summed E-state index contributed by atoms with van der Waals surface area (Å²) in [6, 6.07) is 21.8. The van der Waals surface area contributed by atoms with Crippen LogP contribution in [0.3, 0.4) is 0 Å². The van der Waals surface area contributed by atoms with E-state index in [4.69, 9.17) is 0 Å². The van der Waals surface area contributed by atoms with Crippen molar-refractivity contribution in [3.05, 3.63) is 77.9 Å². The molecule has 0 atom stereocenters. The van der Waals surface area contributed by atoms with Crippen LogP contribution < -0.4 is 0 Å². The fourth-order valence-corrected chi connectivity index (χ4v) is 1.94. The van der Waals surface area contributed by atoms with Crippen molar-refractivity contribution in [3.8, 4) is 0 Å². The third-order valence-electron chi connectivity index (χ3n) is 2.48. The Morgan fingerprint density at radius 3 is 1.62 bits per heavy atom. The van der Waals surface area contributed by atoms with Crippen LogP contribution in [0.4, 0.5) is 0 Å². The Labute approximate surface area is 100 Å². The Hall–Kier alpha value is -1.60. The lowest BCUT2D eigenvalue weighted by molar-refractivity contribution is 1.52. The first-order valence-electron chi connectivity index (χ1n) is 5.37. The smallest absolute Gasteiger partial charge is 0.0275 e. The molecule has 0 aliphatic carbocycles. The van der Waals surface area contributed by atoms with Crippen molar-refractivity contribution in [2.24, 2.45) is 0 Å². The lowest BCUT2D eigenvalue weighted by atomic mass is 9.98. The van der Waals surface area contributed by atoms with Gasteiger partial charge in [0.15, 0.2) is 0 Å². The van der Waals surface area contributed by atoms with E-state index in [9.17, 15) is 0 Å². The number of rotatable bonds is 3. The van der Waals surface area contributed by atoms with E-state index in [0.29, 0.717) is 0 Å². The van der Waals surface area contributed by atoms with Crippen LogP contribution in [0.15, 0.2) is 66.7 Å². The Bertz CT molecular complexity index is 416. The summed E-state index contributed by atoms with van der Waals surface area (Å²) in [4.78, 5) is 0. The highest BCUT2D eigenvalue weighted by Gasteiger charge is 2.02. The molecule has 0 heterocycles. The third-order valence-corrected chi connectivity index (χ3v) is 2.68. The summed E-state index contributed by atoms with van der Waals surface area (Å²) in [6.07, 6.45) is 2.20. The van der Waals surface area contributed by atoms with Crippen molar-refractivity contribution in [2.45, 2.75) is 6.04 Å². The van der Waals surface area contributed by atoms with Crippen LogP contribution in [0.25, 0.3) is 5.57 Å². The highest BCUT2D eigenvalue weighted by atomic mass is 28.1. The maximum absolute atomic E-state index is 3.52. The van der Waals surface area contributed by atoms with Gasteiger partial charge >= 0.3 is 0 Å². The molecule has 77 valence electrons. The van der Waals surface area contributed by atoms with Gasteiger partial charge in [-0.1, -0.05) is 66.7 Å². The van der Waals surface area contributed by atoms with E-state index in [1.807, 2.05) is 12.1 Å². The molecule has 0 N–H and O–H groups in total. The van der Waals surface area contributed by atoms with Gasteiger partial charge in [0.1, 0.15) is 0 Å². The van der Waals surface area contributed by atoms with Crippen molar-refractivity contribution in [3.63, 3.8) is 0 Å². The lowest BCUT2D eigenvalue weighted by Gasteiger charge is -2.07. The summed E-state index contributed by atoms with van der Waals surface area (Å²) in [5, 5.41) is 0. The summed E-state index contributed by atoms with van der Waals surface area (Å²) >= 11 is 0. The molecule has 1 heteroatoms. The van der Waals surface area contributed by atoms with Crippen molar-refractivity contribution in [2.75, 3.05) is 0 Å². The number of benzene rings is 2. The SMILES string of the molecule is [Si]CC=C(c1ccccc1)c1ccccc1. The molecule has 0 spiro atoms. The van der Waals surface area contributed by atoms with Gasteiger partial charge in [0, 0.05) is 10.2 Å². The molecular weight excluding hydrogens is 208 g/mol. The van der Waals surface area contributed by atoms with Gasteiger partial charge in [-0.15, -0.1) is 0 Å². The van der Waals surface area contributed by atoms with E-state index >= 15 is 0 Å². The Kier molecular flexibility index (Phi) is 3.73. The molecule has 0 unspecified atom stereocenters. The zero-order valence-corrected chi connectivity index (χ0v) is 10.1. The van der Waals surface area contributed by atoms with Gasteiger partial charge in [-0.3, -0.25) is 0 Å². The molecule has 0 aliphatic rings. The summed E-state index contributed by atoms with van der Waals surface area (Å²) in [7, 11) is 3.52. The lowest BCUT2D eigenvalue weighted by Crippen LogP contribution is -1.87. The number of hydrogen-bond donors (Lipinski definition) is 0. The molecule has 3 radical (unpaired) electrons. The number of hydrogen-bond acceptors (Lipinski definition) is 0. The van der Waals surface area contributed by atoms with Crippen molar-refractivity contribution >= 4 is 15.8 Å². The molecule has 0 amide bonds. The molecule has 0 nitrogen and oxygen atoms in total. The van der Waals surface area contributed by atoms with Crippen molar-refractivity contribution in [1.82, 2.24) is 0 Å². The Morgan fingerprint density at radius 2 is 1.25 bits per heavy atom. The first-order chi connectivity index (χ1) is 7.92. The molecule has 0 aliphatic heterocycles. The molecule has 0 fully saturated rings. The molecule has 2 rings (SSSR count). The minimum absolute atomic E-state index is 0.860. The summed E-state index contributed by atoms with van der Waals surface area (Å²) in [6.45, 7) is 0. The second-order valence-electron chi connectivity index (χ2n) is 3.55. The predicted molar refractivity (Wildman–Crippen MR) is 70.5 cm³/mol. The molecular formula is C15H13Si. The van der Waals surface area contributed by atoms with Crippen LogP contribution >= 0.6 is 0 Å². The van der Waals surface area contributed by atoms with Crippen LogP contribution in [0.1, 0.15) is 11.1 Å². The molecule has 2 aromatic rings. The van der Waals surface area contributed by atoms with Gasteiger partial charge in [-0.05, 0) is 22.7 Å². The van der Waals surface area contributed by atoms with Crippen LogP contribution in [0, 0.1) is 0 Å². The quantitative estimate of drug-likeness (QED) is 0.693. The van der Waals surface area contributed by atoms with Crippen molar-refractivity contribution < 1.29 is 0 Å². The molecule has 0 aromatic heterocycles. The van der Waals surface area contributed by atoms with Gasteiger partial charge in [-0.25, -0.2) is 0 Å². The van der Waals surface area contributed by atoms with Gasteiger partial charge < -0.3 is 0 Å². The average Bonchev–Trinajstić information content (AvgIpc) is 2.38. The van der Waals surface area contributed by atoms with Crippen LogP contribution in [-0.2, 0) is 0 Å². The highest BCUT2D eigenvalue weighted by molar-refractivity contribution is 6.10. The van der Waals surface area contributed by atoms with E-state index < -0.39 is 0 Å². The first kappa shape index (κ1) is 10.9. The zero-order chi connectivity index (χ0) is 11.2. The summed E-state index contributed by atoms with van der Waals surface area (Å²) in [5.41, 5.74) is 3.79. The third kappa shape index (κ3) is 2.50. The molecule has 0 saturated heterocycles. The Morgan fingerprint density at radius 1 is 0.812 bits per heavy atom. The number of allylic oxidation sites excluding steroid dienone is 1. The van der Waals surface area contributed by atoms with Gasteiger partial charge in [0.05, 0.1) is 0 Å². The normalized spacial score (nSPS) is 9.81. The first-order valence-corrected chi connectivity index (χ1v) is 6.08. The molecule has 2 aromatic carbocycles. The van der Waals surface area contributed by atoms with E-state index in [-0.39, 0.29) is 0 Å². The van der Waals surface area contributed by atoms with Crippen LogP contribution in [0.2, 0.25) is 6.04 Å². The fraction of sp³-hybridized carbons (Fsp3) is 0.0667. The molecule has 0 bridgehead atoms. The van der Waals surface area contributed by atoms with E-state index in [2.05, 4.69) is 64.8 Å². The molecule has 16 heavy (non-hydrogen) atoms. The van der Waals surface area contributed by atoms with Crippen molar-refractivity contribution in [1.29, 1.82) is 0 Å². The average molecular weight is 221 g/mol. The standard InChI is InChI=1S/C15H13Si/c16-12-11-15(13-7-3-1-4-8-13)14-9-5-2-6-10-14/h1-11H,12H2. The minimum Gasteiger partial charge on any atom is -0.0794 e. The maximum Gasteiger partial charge on any atom is 0.0275 e. The van der Waals surface area contributed by atoms with Gasteiger partial charge in [0.2, 0.25) is 0 Å². The Balaban J connectivity index is 2.44. The summed E-state index contributed by atoms with van der Waals surface area (Å²) < 4.78 is 0. The second kappa shape index (κ2) is 5.47. The monoisotopic (exact) mass is 221 g/mol. The van der Waals surface area contributed by atoms with E-state index in [0.717, 1.165) is 6.04 Å². The van der Waals surface area contributed by atoms with E-state index in [1.54, 1.807) is 0 Å². The second-order valence-corrected chi connectivity index (χ2v) is 3.96. The van der Waals surface area contributed by atoms with Crippen LogP contribution in [0.5, 0.6) is 0 Å². The highest BCUT2D eigenvalue weighted by Crippen LogP contribution is 2.23. The van der Waals surface area contributed by atoms with Gasteiger partial charge in [0.25, 0.3) is 0 Å².